The first kappa shape index (κ1) is 42.5. The van der Waals surface area contributed by atoms with Gasteiger partial charge in [0, 0.05) is 79.1 Å². The van der Waals surface area contributed by atoms with E-state index < -0.39 is 60.3 Å². The second kappa shape index (κ2) is 16.3. The van der Waals surface area contributed by atoms with Crippen molar-refractivity contribution in [1.82, 2.24) is 29.9 Å². The summed E-state index contributed by atoms with van der Waals surface area (Å²) < 4.78 is 60.6. The highest BCUT2D eigenvalue weighted by molar-refractivity contribution is 6.23. The van der Waals surface area contributed by atoms with Gasteiger partial charge in [-0.3, -0.25) is 39.2 Å². The highest BCUT2D eigenvalue weighted by Crippen LogP contribution is 2.50. The van der Waals surface area contributed by atoms with E-state index in [1.807, 2.05) is 43.3 Å². The van der Waals surface area contributed by atoms with Gasteiger partial charge in [0.15, 0.2) is 0 Å². The number of hydrogen-bond donors (Lipinski definition) is 2. The number of fused-ring (bicyclic) bond motifs is 5. The van der Waals surface area contributed by atoms with Gasteiger partial charge in [0.2, 0.25) is 11.8 Å². The SMILES string of the molecule is C[C@@H]1Cc2c([nH]c3ccccc23)[C@@H](c2c(F)cc(N3CCC(CN4CCC5(CCC(N6Cc7cc8c(cc7C6)C(=O)N(C6CCC(=O)NC6=O)C8=O)C5)CC4)CC3)cc2F)N1CC(F)F. The second-order valence-corrected chi connectivity index (χ2v) is 20.1. The molecule has 4 aromatic rings. The maximum absolute atomic E-state index is 16.3. The Morgan fingerprint density at radius 2 is 1.51 bits per heavy atom. The number of piperidine rings is 3. The molecule has 11 rings (SSSR count). The van der Waals surface area contributed by atoms with Gasteiger partial charge in [-0.15, -0.1) is 0 Å². The number of halogens is 4. The van der Waals surface area contributed by atoms with Crippen LogP contribution in [0.2, 0.25) is 0 Å². The van der Waals surface area contributed by atoms with Crippen LogP contribution < -0.4 is 10.2 Å². The number of aromatic nitrogens is 1. The van der Waals surface area contributed by atoms with Crippen LogP contribution >= 0.6 is 0 Å². The van der Waals surface area contributed by atoms with E-state index in [4.69, 9.17) is 0 Å². The van der Waals surface area contributed by atoms with Crippen LogP contribution in [0, 0.1) is 23.0 Å². The lowest BCUT2D eigenvalue weighted by molar-refractivity contribution is -0.136. The zero-order valence-electron chi connectivity index (χ0n) is 36.7. The Morgan fingerprint density at radius 1 is 0.831 bits per heavy atom. The summed E-state index contributed by atoms with van der Waals surface area (Å²) in [5.74, 6) is -2.87. The van der Waals surface area contributed by atoms with Crippen molar-refractivity contribution in [1.29, 1.82) is 0 Å². The molecule has 7 aliphatic rings. The lowest BCUT2D eigenvalue weighted by Crippen LogP contribution is -2.54. The third-order valence-electron chi connectivity index (χ3n) is 16.3. The quantitative estimate of drug-likeness (QED) is 0.140. The number of amides is 4. The van der Waals surface area contributed by atoms with Gasteiger partial charge in [-0.1, -0.05) is 18.2 Å². The molecule has 1 saturated carbocycles. The Hall–Kier alpha value is -5.12. The summed E-state index contributed by atoms with van der Waals surface area (Å²) in [4.78, 5) is 64.2. The van der Waals surface area contributed by atoms with Gasteiger partial charge < -0.3 is 14.8 Å². The molecule has 11 nitrogen and oxygen atoms in total. The van der Waals surface area contributed by atoms with E-state index in [1.165, 1.54) is 23.5 Å². The summed E-state index contributed by atoms with van der Waals surface area (Å²) in [7, 11) is 0. The molecule has 3 saturated heterocycles. The van der Waals surface area contributed by atoms with Crippen LogP contribution in [-0.2, 0) is 29.1 Å². The van der Waals surface area contributed by atoms with Crippen LogP contribution in [0.4, 0.5) is 23.2 Å². The van der Waals surface area contributed by atoms with Crippen molar-refractivity contribution in [2.45, 2.75) is 115 Å². The topological polar surface area (TPSA) is 112 Å². The van der Waals surface area contributed by atoms with Crippen molar-refractivity contribution >= 4 is 40.2 Å². The third kappa shape index (κ3) is 7.45. The Kier molecular flexibility index (Phi) is 10.7. The standard InChI is InChI=1S/C50H55F4N7O4/c1-28-18-35-34-4-2-3-5-40(34)55-45(35)46(60(28)27-42(53)54)44-38(51)21-33(22-39(44)52)58-14-9-29(10-15-58)24-57-16-12-50(13-17-57)11-8-32(23-50)59-25-30-19-36-37(20-31(30)26-59)49(65)61(48(36)64)41-6-7-43(62)56-47(41)63/h2-5,19-22,28-29,32,41-42,46,55H,6-18,23-27H2,1H3,(H,56,62,63)/t28-,32?,41?,46-/m1/s1. The molecule has 2 N–H and O–H groups in total. The molecular weight excluding hydrogens is 839 g/mol. The predicted molar refractivity (Wildman–Crippen MR) is 235 cm³/mol. The number of alkyl halides is 2. The molecule has 65 heavy (non-hydrogen) atoms. The number of carbonyl (C=O) groups is 4. The molecule has 0 bridgehead atoms. The molecule has 1 aromatic heterocycles. The Morgan fingerprint density at radius 3 is 2.17 bits per heavy atom. The highest BCUT2D eigenvalue weighted by Gasteiger charge is 2.48. The van der Waals surface area contributed by atoms with Crippen LogP contribution in [0.1, 0.15) is 119 Å². The van der Waals surface area contributed by atoms with Crippen molar-refractivity contribution in [3.05, 3.63) is 99.2 Å². The number of rotatable bonds is 8. The van der Waals surface area contributed by atoms with Gasteiger partial charge in [-0.2, -0.15) is 0 Å². The van der Waals surface area contributed by atoms with Gasteiger partial charge in [-0.25, -0.2) is 17.6 Å². The average Bonchev–Trinajstić information content (AvgIpc) is 4.05. The Bertz CT molecular complexity index is 2530. The number of imide groups is 2. The molecule has 1 aliphatic carbocycles. The number of likely N-dealkylation sites (tertiary alicyclic amines) is 1. The van der Waals surface area contributed by atoms with Crippen LogP contribution in [0.3, 0.4) is 0 Å². The molecule has 0 radical (unpaired) electrons. The first-order valence-electron chi connectivity index (χ1n) is 23.5. The van der Waals surface area contributed by atoms with E-state index in [-0.39, 0.29) is 24.4 Å². The molecule has 4 atom stereocenters. The summed E-state index contributed by atoms with van der Waals surface area (Å²) in [5.41, 5.74) is 5.73. The molecule has 4 amide bonds. The van der Waals surface area contributed by atoms with E-state index >= 15 is 8.78 Å². The Labute approximate surface area is 375 Å². The Balaban J connectivity index is 0.684. The van der Waals surface area contributed by atoms with E-state index in [0.717, 1.165) is 104 Å². The molecule has 342 valence electrons. The number of hydrogen-bond acceptors (Lipinski definition) is 8. The van der Waals surface area contributed by atoms with Crippen molar-refractivity contribution in [3.8, 4) is 0 Å². The van der Waals surface area contributed by atoms with E-state index in [1.54, 1.807) is 0 Å². The van der Waals surface area contributed by atoms with Crippen LogP contribution in [0.5, 0.6) is 0 Å². The summed E-state index contributed by atoms with van der Waals surface area (Å²) in [5, 5.41) is 3.21. The fourth-order valence-electron chi connectivity index (χ4n) is 12.8. The summed E-state index contributed by atoms with van der Waals surface area (Å²) in [6.45, 7) is 7.19. The molecule has 7 heterocycles. The zero-order valence-corrected chi connectivity index (χ0v) is 36.7. The van der Waals surface area contributed by atoms with E-state index in [9.17, 15) is 28.0 Å². The summed E-state index contributed by atoms with van der Waals surface area (Å²) in [6.07, 6.45) is 5.64. The fraction of sp³-hybridized carbons (Fsp3) is 0.520. The number of para-hydroxylation sites is 1. The fourth-order valence-corrected chi connectivity index (χ4v) is 12.8. The largest absolute Gasteiger partial charge is 0.371 e. The van der Waals surface area contributed by atoms with E-state index in [2.05, 4.69) is 25.0 Å². The van der Waals surface area contributed by atoms with Gasteiger partial charge in [0.1, 0.15) is 17.7 Å². The average molecular weight is 894 g/mol. The number of aromatic amines is 1. The number of anilines is 1. The van der Waals surface area contributed by atoms with Crippen LogP contribution in [0.15, 0.2) is 48.5 Å². The number of nitrogens with zero attached hydrogens (tertiary/aromatic N) is 5. The van der Waals surface area contributed by atoms with Crippen LogP contribution in [-0.4, -0.2) is 112 Å². The van der Waals surface area contributed by atoms with Gasteiger partial charge in [0.25, 0.3) is 18.2 Å². The molecule has 4 fully saturated rings. The maximum Gasteiger partial charge on any atom is 0.262 e. The normalized spacial score (nSPS) is 26.5. The summed E-state index contributed by atoms with van der Waals surface area (Å²) >= 11 is 0. The minimum absolute atomic E-state index is 0.0913. The monoisotopic (exact) mass is 893 g/mol. The van der Waals surface area contributed by atoms with Crippen molar-refractivity contribution in [3.63, 3.8) is 0 Å². The molecular formula is C50H55F4N7O4. The molecule has 3 aromatic carbocycles. The minimum atomic E-state index is -2.66. The maximum atomic E-state index is 16.3. The highest BCUT2D eigenvalue weighted by atomic mass is 19.3. The lowest BCUT2D eigenvalue weighted by Gasteiger charge is -2.42. The lowest BCUT2D eigenvalue weighted by atomic mass is 9.76. The first-order valence-corrected chi connectivity index (χ1v) is 23.5. The number of benzene rings is 3. The number of nitrogens with one attached hydrogen (secondary N) is 2. The van der Waals surface area contributed by atoms with Crippen molar-refractivity contribution in [2.24, 2.45) is 11.3 Å². The third-order valence-corrected chi connectivity index (χ3v) is 16.3. The first-order chi connectivity index (χ1) is 31.3. The second-order valence-electron chi connectivity index (χ2n) is 20.1. The van der Waals surface area contributed by atoms with Gasteiger partial charge >= 0.3 is 0 Å². The van der Waals surface area contributed by atoms with Crippen LogP contribution in [0.25, 0.3) is 10.9 Å². The van der Waals surface area contributed by atoms with Gasteiger partial charge in [0.05, 0.1) is 23.7 Å². The molecule has 1 spiro atoms. The van der Waals surface area contributed by atoms with E-state index in [0.29, 0.717) is 59.4 Å². The number of carbonyl (C=O) groups excluding carboxylic acids is 4. The molecule has 2 unspecified atom stereocenters. The van der Waals surface area contributed by atoms with Crippen molar-refractivity contribution < 1.29 is 36.7 Å². The predicted octanol–water partition coefficient (Wildman–Crippen LogP) is 7.32. The minimum Gasteiger partial charge on any atom is -0.371 e. The summed E-state index contributed by atoms with van der Waals surface area (Å²) in [6, 6.07) is 12.3. The zero-order chi connectivity index (χ0) is 44.9. The molecule has 6 aliphatic heterocycles. The smallest absolute Gasteiger partial charge is 0.262 e. The van der Waals surface area contributed by atoms with Crippen molar-refractivity contribution in [2.75, 3.05) is 44.2 Å². The van der Waals surface area contributed by atoms with Gasteiger partial charge in [-0.05, 0) is 136 Å². The molecule has 15 heteroatoms. The number of H-pyrrole nitrogens is 1.